The second-order valence-electron chi connectivity index (χ2n) is 6.15. The van der Waals surface area contributed by atoms with Gasteiger partial charge in [0.05, 0.1) is 11.1 Å². The van der Waals surface area contributed by atoms with Gasteiger partial charge in [-0.1, -0.05) is 66.7 Å². The Kier molecular flexibility index (Phi) is 4.36. The number of hydrogen-bond acceptors (Lipinski definition) is 3. The fourth-order valence-corrected chi connectivity index (χ4v) is 3.20. The molecule has 4 nitrogen and oxygen atoms in total. The molecule has 0 unspecified atom stereocenters. The molecular weight excluding hydrogens is 320 g/mol. The summed E-state index contributed by atoms with van der Waals surface area (Å²) in [7, 11) is 0. The van der Waals surface area contributed by atoms with Crippen molar-refractivity contribution >= 4 is 17.0 Å². The lowest BCUT2D eigenvalue weighted by Gasteiger charge is -2.18. The number of H-pyrrole nitrogens is 1. The number of aromatic amines is 1. The highest BCUT2D eigenvalue weighted by atomic mass is 15.1. The maximum atomic E-state index is 9.24. The summed E-state index contributed by atoms with van der Waals surface area (Å²) in [5, 5.41) is 12.6. The lowest BCUT2D eigenvalue weighted by atomic mass is 9.91. The van der Waals surface area contributed by atoms with Crippen molar-refractivity contribution in [2.24, 2.45) is 0 Å². The predicted molar refractivity (Wildman–Crippen MR) is 104 cm³/mol. The Hall–Kier alpha value is -3.58. The minimum absolute atomic E-state index is 0.209. The molecule has 4 heteroatoms. The average molecular weight is 338 g/mol. The van der Waals surface area contributed by atoms with Gasteiger partial charge in [0.25, 0.3) is 0 Å². The first-order chi connectivity index (χ1) is 12.8. The molecule has 1 aromatic heterocycles. The lowest BCUT2D eigenvalue weighted by Crippen LogP contribution is -2.14. The fourth-order valence-electron chi connectivity index (χ4n) is 3.20. The van der Waals surface area contributed by atoms with Gasteiger partial charge in [-0.25, -0.2) is 4.98 Å². The van der Waals surface area contributed by atoms with Crippen LogP contribution in [0.4, 0.5) is 5.95 Å². The molecule has 0 saturated carbocycles. The maximum Gasteiger partial charge on any atom is 0.201 e. The van der Waals surface area contributed by atoms with Crippen molar-refractivity contribution in [3.63, 3.8) is 0 Å². The van der Waals surface area contributed by atoms with Crippen LogP contribution in [0.25, 0.3) is 11.0 Å². The van der Waals surface area contributed by atoms with Gasteiger partial charge < -0.3 is 10.3 Å². The van der Waals surface area contributed by atoms with E-state index in [9.17, 15) is 5.26 Å². The Morgan fingerprint density at radius 1 is 0.885 bits per heavy atom. The van der Waals surface area contributed by atoms with Crippen molar-refractivity contribution in [3.05, 3.63) is 95.6 Å². The van der Waals surface area contributed by atoms with Gasteiger partial charge in [-0.05, 0) is 23.3 Å². The molecule has 3 aromatic carbocycles. The summed E-state index contributed by atoms with van der Waals surface area (Å²) >= 11 is 0. The summed E-state index contributed by atoms with van der Waals surface area (Å²) in [5.74, 6) is 0.889. The van der Waals surface area contributed by atoms with Crippen molar-refractivity contribution in [2.75, 3.05) is 11.9 Å². The van der Waals surface area contributed by atoms with Gasteiger partial charge in [-0.2, -0.15) is 5.26 Å². The summed E-state index contributed by atoms with van der Waals surface area (Å²) in [6.45, 7) is 0.704. The summed E-state index contributed by atoms with van der Waals surface area (Å²) in [6.07, 6.45) is 0. The van der Waals surface area contributed by atoms with Gasteiger partial charge in [0.15, 0.2) is 0 Å². The molecule has 0 bridgehead atoms. The number of aromatic nitrogens is 2. The lowest BCUT2D eigenvalue weighted by molar-refractivity contribution is 0.846. The minimum Gasteiger partial charge on any atom is -0.355 e. The van der Waals surface area contributed by atoms with Crippen LogP contribution in [0.15, 0.2) is 78.9 Å². The monoisotopic (exact) mass is 338 g/mol. The Morgan fingerprint density at radius 3 is 2.15 bits per heavy atom. The van der Waals surface area contributed by atoms with Crippen molar-refractivity contribution in [2.45, 2.75) is 5.92 Å². The van der Waals surface area contributed by atoms with Gasteiger partial charge in [-0.3, -0.25) is 0 Å². The first kappa shape index (κ1) is 15.9. The highest BCUT2D eigenvalue weighted by Crippen LogP contribution is 2.25. The molecule has 0 aliphatic rings. The predicted octanol–water partition coefficient (Wildman–Crippen LogP) is 4.68. The molecule has 1 heterocycles. The van der Waals surface area contributed by atoms with E-state index < -0.39 is 0 Å². The highest BCUT2D eigenvalue weighted by molar-refractivity contribution is 5.83. The Labute approximate surface area is 152 Å². The zero-order valence-electron chi connectivity index (χ0n) is 14.2. The first-order valence-corrected chi connectivity index (χ1v) is 8.58. The third kappa shape index (κ3) is 3.15. The Bertz CT molecular complexity index is 1010. The largest absolute Gasteiger partial charge is 0.355 e. The summed E-state index contributed by atoms with van der Waals surface area (Å²) < 4.78 is 0. The highest BCUT2D eigenvalue weighted by Gasteiger charge is 2.15. The zero-order chi connectivity index (χ0) is 17.8. The number of nitrogens with zero attached hydrogens (tertiary/aromatic N) is 2. The van der Waals surface area contributed by atoms with Crippen molar-refractivity contribution in [1.29, 1.82) is 5.26 Å². The number of anilines is 1. The molecule has 4 rings (SSSR count). The topological polar surface area (TPSA) is 64.5 Å². The van der Waals surface area contributed by atoms with Crippen LogP contribution in [0.2, 0.25) is 0 Å². The van der Waals surface area contributed by atoms with Gasteiger partial charge in [0, 0.05) is 12.5 Å². The molecule has 0 spiro atoms. The summed E-state index contributed by atoms with van der Waals surface area (Å²) in [5.41, 5.74) is 4.64. The quantitative estimate of drug-likeness (QED) is 0.555. The average Bonchev–Trinajstić information content (AvgIpc) is 3.13. The third-order valence-electron chi connectivity index (χ3n) is 4.51. The van der Waals surface area contributed by atoms with Crippen LogP contribution in [0, 0.1) is 11.3 Å². The number of imidazole rings is 1. The Balaban J connectivity index is 1.62. The molecule has 0 aliphatic carbocycles. The van der Waals surface area contributed by atoms with Crippen LogP contribution >= 0.6 is 0 Å². The fraction of sp³-hybridized carbons (Fsp3) is 0.0909. The van der Waals surface area contributed by atoms with Crippen LogP contribution in [-0.2, 0) is 0 Å². The van der Waals surface area contributed by atoms with Gasteiger partial charge in [0.1, 0.15) is 11.6 Å². The van der Waals surface area contributed by atoms with E-state index in [4.69, 9.17) is 0 Å². The summed E-state index contributed by atoms with van der Waals surface area (Å²) in [4.78, 5) is 7.81. The van der Waals surface area contributed by atoms with Crippen LogP contribution in [-0.4, -0.2) is 16.5 Å². The van der Waals surface area contributed by atoms with E-state index in [0.717, 1.165) is 5.52 Å². The Morgan fingerprint density at radius 2 is 1.54 bits per heavy atom. The van der Waals surface area contributed by atoms with E-state index in [0.29, 0.717) is 23.6 Å². The van der Waals surface area contributed by atoms with Crippen LogP contribution in [0.1, 0.15) is 22.6 Å². The standard InChI is InChI=1S/C22H18N4/c23-14-18-12-7-13-20-21(18)26-22(25-20)24-15-19(16-8-3-1-4-9-16)17-10-5-2-6-11-17/h1-13,19H,15H2,(H2,24,25,26). The van der Waals surface area contributed by atoms with E-state index in [1.807, 2.05) is 24.3 Å². The van der Waals surface area contributed by atoms with E-state index in [2.05, 4.69) is 69.9 Å². The number of hydrogen-bond donors (Lipinski definition) is 2. The van der Waals surface area contributed by atoms with E-state index in [-0.39, 0.29) is 5.92 Å². The molecular formula is C22H18N4. The first-order valence-electron chi connectivity index (χ1n) is 8.58. The zero-order valence-corrected chi connectivity index (χ0v) is 14.2. The molecule has 0 aliphatic heterocycles. The number of nitriles is 1. The van der Waals surface area contributed by atoms with Crippen molar-refractivity contribution < 1.29 is 0 Å². The minimum atomic E-state index is 0.209. The van der Waals surface area contributed by atoms with E-state index in [1.165, 1.54) is 11.1 Å². The molecule has 0 atom stereocenters. The normalized spacial score (nSPS) is 10.8. The number of fused-ring (bicyclic) bond motifs is 1. The molecule has 126 valence electrons. The second-order valence-corrected chi connectivity index (χ2v) is 6.15. The number of nitrogens with one attached hydrogen (secondary N) is 2. The molecule has 0 radical (unpaired) electrons. The van der Waals surface area contributed by atoms with Gasteiger partial charge in [0.2, 0.25) is 5.95 Å². The molecule has 0 amide bonds. The third-order valence-corrected chi connectivity index (χ3v) is 4.51. The maximum absolute atomic E-state index is 9.24. The molecule has 4 aromatic rings. The van der Waals surface area contributed by atoms with Crippen molar-refractivity contribution in [1.82, 2.24) is 9.97 Å². The van der Waals surface area contributed by atoms with E-state index in [1.54, 1.807) is 6.07 Å². The van der Waals surface area contributed by atoms with Crippen LogP contribution in [0.5, 0.6) is 0 Å². The van der Waals surface area contributed by atoms with E-state index >= 15 is 0 Å². The summed E-state index contributed by atoms with van der Waals surface area (Å²) in [6, 6.07) is 28.6. The number of para-hydroxylation sites is 1. The molecule has 2 N–H and O–H groups in total. The van der Waals surface area contributed by atoms with Crippen LogP contribution in [0.3, 0.4) is 0 Å². The molecule has 0 saturated heterocycles. The van der Waals surface area contributed by atoms with Crippen LogP contribution < -0.4 is 5.32 Å². The van der Waals surface area contributed by atoms with Gasteiger partial charge >= 0.3 is 0 Å². The molecule has 26 heavy (non-hydrogen) atoms. The van der Waals surface area contributed by atoms with Crippen molar-refractivity contribution in [3.8, 4) is 6.07 Å². The smallest absolute Gasteiger partial charge is 0.201 e. The SMILES string of the molecule is N#Cc1cccc2[nH]c(NCC(c3ccccc3)c3ccccc3)nc12. The number of rotatable bonds is 5. The number of benzene rings is 3. The second kappa shape index (κ2) is 7.12. The molecule has 0 fully saturated rings. The van der Waals surface area contributed by atoms with Gasteiger partial charge in [-0.15, -0.1) is 0 Å².